The summed E-state index contributed by atoms with van der Waals surface area (Å²) in [6.07, 6.45) is 5.17. The van der Waals surface area contributed by atoms with Gasteiger partial charge in [-0.2, -0.15) is 0 Å². The third-order valence-electron chi connectivity index (χ3n) is 3.92. The van der Waals surface area contributed by atoms with Crippen LogP contribution in [0.5, 0.6) is 0 Å². The van der Waals surface area contributed by atoms with Gasteiger partial charge in [0.1, 0.15) is 0 Å². The first-order chi connectivity index (χ1) is 9.79. The molecule has 3 nitrogen and oxygen atoms in total. The molecule has 0 spiro atoms. The first kappa shape index (κ1) is 13.6. The quantitative estimate of drug-likeness (QED) is 0.787. The SMILES string of the molecule is O=C(c1ccc2ncccc2c1)N1CCCCC1CBr. The van der Waals surface area contributed by atoms with Gasteiger partial charge in [-0.25, -0.2) is 0 Å². The summed E-state index contributed by atoms with van der Waals surface area (Å²) in [4.78, 5) is 19.0. The van der Waals surface area contributed by atoms with Crippen LogP contribution < -0.4 is 0 Å². The summed E-state index contributed by atoms with van der Waals surface area (Å²) in [7, 11) is 0. The number of piperidine rings is 1. The van der Waals surface area contributed by atoms with E-state index in [0.29, 0.717) is 6.04 Å². The first-order valence-corrected chi connectivity index (χ1v) is 8.13. The Morgan fingerprint density at radius 1 is 1.35 bits per heavy atom. The number of nitrogens with zero attached hydrogens (tertiary/aromatic N) is 2. The minimum Gasteiger partial charge on any atom is -0.335 e. The maximum Gasteiger partial charge on any atom is 0.254 e. The number of hydrogen-bond acceptors (Lipinski definition) is 2. The van der Waals surface area contributed by atoms with Gasteiger partial charge in [0.05, 0.1) is 5.52 Å². The van der Waals surface area contributed by atoms with Gasteiger partial charge in [-0.1, -0.05) is 22.0 Å². The second kappa shape index (κ2) is 5.92. The summed E-state index contributed by atoms with van der Waals surface area (Å²) >= 11 is 3.53. The van der Waals surface area contributed by atoms with Crippen LogP contribution in [0.4, 0.5) is 0 Å². The fourth-order valence-corrected chi connectivity index (χ4v) is 3.48. The minimum atomic E-state index is 0.139. The monoisotopic (exact) mass is 332 g/mol. The van der Waals surface area contributed by atoms with Gasteiger partial charge >= 0.3 is 0 Å². The molecule has 0 saturated carbocycles. The molecule has 2 aromatic rings. The van der Waals surface area contributed by atoms with E-state index in [1.165, 1.54) is 6.42 Å². The molecule has 3 rings (SSSR count). The number of alkyl halides is 1. The largest absolute Gasteiger partial charge is 0.335 e. The number of halogens is 1. The second-order valence-electron chi connectivity index (χ2n) is 5.21. The molecule has 104 valence electrons. The lowest BCUT2D eigenvalue weighted by Crippen LogP contribution is -2.44. The Balaban J connectivity index is 1.91. The lowest BCUT2D eigenvalue weighted by atomic mass is 10.0. The standard InChI is InChI=1S/C16H17BrN2O/c17-11-14-5-1-2-9-19(14)16(20)13-6-7-15-12(10-13)4-3-8-18-15/h3-4,6-8,10,14H,1-2,5,9,11H2. The van der Waals surface area contributed by atoms with Crippen molar-refractivity contribution in [3.05, 3.63) is 42.1 Å². The van der Waals surface area contributed by atoms with Crippen LogP contribution in [0.25, 0.3) is 10.9 Å². The molecule has 1 aromatic heterocycles. The molecule has 1 fully saturated rings. The van der Waals surface area contributed by atoms with Crippen molar-refractivity contribution >= 4 is 32.7 Å². The van der Waals surface area contributed by atoms with Gasteiger partial charge in [-0.15, -0.1) is 0 Å². The summed E-state index contributed by atoms with van der Waals surface area (Å²) in [5.74, 6) is 0.139. The highest BCUT2D eigenvalue weighted by Crippen LogP contribution is 2.22. The summed E-state index contributed by atoms with van der Waals surface area (Å²) in [6.45, 7) is 0.861. The van der Waals surface area contributed by atoms with Crippen LogP contribution >= 0.6 is 15.9 Å². The Hall–Kier alpha value is -1.42. The van der Waals surface area contributed by atoms with Crippen LogP contribution in [-0.2, 0) is 0 Å². The van der Waals surface area contributed by atoms with E-state index in [9.17, 15) is 4.79 Å². The molecule has 1 aromatic carbocycles. The lowest BCUT2D eigenvalue weighted by Gasteiger charge is -2.34. The Morgan fingerprint density at radius 2 is 2.25 bits per heavy atom. The molecule has 2 heterocycles. The third kappa shape index (κ3) is 2.57. The molecule has 1 unspecified atom stereocenters. The molecule has 4 heteroatoms. The molecular weight excluding hydrogens is 316 g/mol. The van der Waals surface area contributed by atoms with Crippen molar-refractivity contribution in [1.82, 2.24) is 9.88 Å². The highest BCUT2D eigenvalue weighted by atomic mass is 79.9. The molecule has 1 aliphatic rings. The predicted octanol–water partition coefficient (Wildman–Crippen LogP) is 3.62. The van der Waals surface area contributed by atoms with E-state index in [2.05, 4.69) is 20.9 Å². The van der Waals surface area contributed by atoms with Gasteiger partial charge in [-0.3, -0.25) is 9.78 Å². The molecule has 1 atom stereocenters. The Bertz CT molecular complexity index is 629. The van der Waals surface area contributed by atoms with Gasteiger partial charge in [0.15, 0.2) is 0 Å². The van der Waals surface area contributed by atoms with Crippen molar-refractivity contribution in [2.24, 2.45) is 0 Å². The molecule has 0 bridgehead atoms. The summed E-state index contributed by atoms with van der Waals surface area (Å²) < 4.78 is 0. The van der Waals surface area contributed by atoms with Crippen LogP contribution in [0.1, 0.15) is 29.6 Å². The molecule has 0 N–H and O–H groups in total. The smallest absolute Gasteiger partial charge is 0.254 e. The lowest BCUT2D eigenvalue weighted by molar-refractivity contribution is 0.0642. The fourth-order valence-electron chi connectivity index (χ4n) is 2.80. The summed E-state index contributed by atoms with van der Waals surface area (Å²) in [5.41, 5.74) is 1.69. The third-order valence-corrected chi connectivity index (χ3v) is 4.66. The number of benzene rings is 1. The molecule has 1 aliphatic heterocycles. The topological polar surface area (TPSA) is 33.2 Å². The van der Waals surface area contributed by atoms with Crippen molar-refractivity contribution in [3.8, 4) is 0 Å². The van der Waals surface area contributed by atoms with Crippen molar-refractivity contribution < 1.29 is 4.79 Å². The zero-order chi connectivity index (χ0) is 13.9. The van der Waals surface area contributed by atoms with Gasteiger partial charge in [0.25, 0.3) is 5.91 Å². The predicted molar refractivity (Wildman–Crippen MR) is 84.2 cm³/mol. The fraction of sp³-hybridized carbons (Fsp3) is 0.375. The number of carbonyl (C=O) groups excluding carboxylic acids is 1. The van der Waals surface area contributed by atoms with E-state index >= 15 is 0 Å². The average molecular weight is 333 g/mol. The van der Waals surface area contributed by atoms with Gasteiger partial charge < -0.3 is 4.90 Å². The van der Waals surface area contributed by atoms with E-state index in [1.807, 2.05) is 35.2 Å². The maximum atomic E-state index is 12.7. The number of hydrogen-bond donors (Lipinski definition) is 0. The minimum absolute atomic E-state index is 0.139. The number of fused-ring (bicyclic) bond motifs is 1. The Morgan fingerprint density at radius 3 is 3.10 bits per heavy atom. The molecule has 0 radical (unpaired) electrons. The highest BCUT2D eigenvalue weighted by molar-refractivity contribution is 9.09. The second-order valence-corrected chi connectivity index (χ2v) is 5.86. The van der Waals surface area contributed by atoms with Crippen LogP contribution in [0.15, 0.2) is 36.5 Å². The van der Waals surface area contributed by atoms with Crippen molar-refractivity contribution in [3.63, 3.8) is 0 Å². The van der Waals surface area contributed by atoms with Crippen molar-refractivity contribution in [1.29, 1.82) is 0 Å². The summed E-state index contributed by atoms with van der Waals surface area (Å²) in [5, 5.41) is 1.87. The van der Waals surface area contributed by atoms with Crippen molar-refractivity contribution in [2.75, 3.05) is 11.9 Å². The zero-order valence-corrected chi connectivity index (χ0v) is 12.8. The van der Waals surface area contributed by atoms with Crippen LogP contribution in [-0.4, -0.2) is 33.7 Å². The van der Waals surface area contributed by atoms with Gasteiger partial charge in [0.2, 0.25) is 0 Å². The van der Waals surface area contributed by atoms with Crippen molar-refractivity contribution in [2.45, 2.75) is 25.3 Å². The normalized spacial score (nSPS) is 19.2. The van der Waals surface area contributed by atoms with E-state index in [0.717, 1.165) is 41.2 Å². The number of pyridine rings is 1. The Labute approximate surface area is 127 Å². The van der Waals surface area contributed by atoms with E-state index < -0.39 is 0 Å². The number of amides is 1. The number of rotatable bonds is 2. The first-order valence-electron chi connectivity index (χ1n) is 7.01. The molecule has 1 amide bonds. The molecule has 0 aliphatic carbocycles. The zero-order valence-electron chi connectivity index (χ0n) is 11.3. The average Bonchev–Trinajstić information content (AvgIpc) is 2.53. The summed E-state index contributed by atoms with van der Waals surface area (Å²) in [6, 6.07) is 9.98. The van der Waals surface area contributed by atoms with E-state index in [4.69, 9.17) is 0 Å². The molecule has 1 saturated heterocycles. The number of aromatic nitrogens is 1. The van der Waals surface area contributed by atoms with Gasteiger partial charge in [-0.05, 0) is 43.5 Å². The van der Waals surface area contributed by atoms with E-state index in [1.54, 1.807) is 6.20 Å². The van der Waals surface area contributed by atoms with Gasteiger partial charge in [0, 0.05) is 35.1 Å². The van der Waals surface area contributed by atoms with Crippen LogP contribution in [0, 0.1) is 0 Å². The molecule has 20 heavy (non-hydrogen) atoms. The van der Waals surface area contributed by atoms with Crippen LogP contribution in [0.3, 0.4) is 0 Å². The highest BCUT2D eigenvalue weighted by Gasteiger charge is 2.26. The Kier molecular flexibility index (Phi) is 4.01. The van der Waals surface area contributed by atoms with E-state index in [-0.39, 0.29) is 5.91 Å². The van der Waals surface area contributed by atoms with Crippen LogP contribution in [0.2, 0.25) is 0 Å². The molecular formula is C16H17BrN2O. The maximum absolute atomic E-state index is 12.7. The number of likely N-dealkylation sites (tertiary alicyclic amines) is 1. The number of carbonyl (C=O) groups is 1.